The van der Waals surface area contributed by atoms with Crippen LogP contribution in [-0.2, 0) is 12.8 Å². The minimum absolute atomic E-state index is 0.0786. The van der Waals surface area contributed by atoms with Gasteiger partial charge < -0.3 is 10.6 Å². The zero-order valence-electron chi connectivity index (χ0n) is 11.3. The summed E-state index contributed by atoms with van der Waals surface area (Å²) in [6, 6.07) is 12.3. The topological polar surface area (TPSA) is 66.0 Å². The average molecular weight is 266 g/mol. The third-order valence-corrected chi connectivity index (χ3v) is 3.80. The molecule has 0 saturated heterocycles. The second-order valence-electron chi connectivity index (χ2n) is 5.04. The molecule has 0 amide bonds. The Bertz CT molecular complexity index is 609. The molecule has 1 aliphatic rings. The van der Waals surface area contributed by atoms with Gasteiger partial charge in [-0.25, -0.2) is 4.98 Å². The molecular formula is C16H18N4. The zero-order valence-corrected chi connectivity index (χ0v) is 11.3. The summed E-state index contributed by atoms with van der Waals surface area (Å²) >= 11 is 0. The van der Waals surface area contributed by atoms with Crippen LogP contribution < -0.4 is 10.6 Å². The van der Waals surface area contributed by atoms with Gasteiger partial charge in [0.05, 0.1) is 5.56 Å². The zero-order chi connectivity index (χ0) is 13.9. The Hall–Kier alpha value is -2.36. The van der Waals surface area contributed by atoms with Crippen LogP contribution in [0.5, 0.6) is 0 Å². The Labute approximate surface area is 118 Å². The maximum absolute atomic E-state index is 7.69. The van der Waals surface area contributed by atoms with Gasteiger partial charge in [-0.3, -0.25) is 5.41 Å². The summed E-state index contributed by atoms with van der Waals surface area (Å²) in [6.07, 6.45) is 3.77. The van der Waals surface area contributed by atoms with Crippen LogP contribution in [0.15, 0.2) is 42.6 Å². The van der Waals surface area contributed by atoms with Gasteiger partial charge in [0.15, 0.2) is 0 Å². The molecule has 20 heavy (non-hydrogen) atoms. The van der Waals surface area contributed by atoms with E-state index in [1.54, 1.807) is 6.20 Å². The largest absolute Gasteiger partial charge is 0.384 e. The number of rotatable bonds is 2. The highest BCUT2D eigenvalue weighted by molar-refractivity contribution is 5.99. The molecule has 4 heteroatoms. The molecule has 0 saturated carbocycles. The molecule has 1 aromatic carbocycles. The summed E-state index contributed by atoms with van der Waals surface area (Å²) in [5.74, 6) is 0.905. The van der Waals surface area contributed by atoms with Crippen molar-refractivity contribution in [3.05, 3.63) is 59.3 Å². The fourth-order valence-electron chi connectivity index (χ4n) is 2.74. The molecule has 0 spiro atoms. The Balaban J connectivity index is 1.89. The number of benzene rings is 1. The Morgan fingerprint density at radius 2 is 1.70 bits per heavy atom. The molecule has 3 rings (SSSR count). The molecule has 1 aromatic heterocycles. The van der Waals surface area contributed by atoms with Crippen LogP contribution in [0.4, 0.5) is 5.82 Å². The van der Waals surface area contributed by atoms with E-state index in [4.69, 9.17) is 11.1 Å². The van der Waals surface area contributed by atoms with Gasteiger partial charge >= 0.3 is 0 Å². The second kappa shape index (κ2) is 5.33. The average Bonchev–Trinajstić information content (AvgIpc) is 2.70. The van der Waals surface area contributed by atoms with Crippen molar-refractivity contribution in [3.8, 4) is 0 Å². The molecule has 0 unspecified atom stereocenters. The first kappa shape index (κ1) is 12.7. The summed E-state index contributed by atoms with van der Waals surface area (Å²) in [6.45, 7) is 1.82. The van der Waals surface area contributed by atoms with Crippen molar-refractivity contribution in [2.45, 2.75) is 12.8 Å². The van der Waals surface area contributed by atoms with E-state index in [2.05, 4.69) is 34.1 Å². The molecule has 102 valence electrons. The monoisotopic (exact) mass is 266 g/mol. The lowest BCUT2D eigenvalue weighted by atomic mass is 10.0. The number of hydrogen-bond acceptors (Lipinski definition) is 3. The number of nitrogens with zero attached hydrogens (tertiary/aromatic N) is 2. The van der Waals surface area contributed by atoms with Crippen LogP contribution in [0, 0.1) is 5.41 Å². The first-order valence-electron chi connectivity index (χ1n) is 6.87. The molecule has 3 N–H and O–H groups in total. The molecule has 0 bridgehead atoms. The second-order valence-corrected chi connectivity index (χ2v) is 5.04. The van der Waals surface area contributed by atoms with Crippen LogP contribution in [0.25, 0.3) is 0 Å². The minimum Gasteiger partial charge on any atom is -0.384 e. The number of aromatic nitrogens is 1. The standard InChI is InChI=1S/C16H18N4/c17-15(18)14-6-3-9-19-16(14)20-10-7-12-4-1-2-5-13(12)8-11-20/h1-6,9H,7-8,10-11H2,(H3,17,18). The van der Waals surface area contributed by atoms with Crippen LogP contribution in [0.2, 0.25) is 0 Å². The molecule has 2 heterocycles. The van der Waals surface area contributed by atoms with E-state index < -0.39 is 0 Å². The van der Waals surface area contributed by atoms with E-state index in [1.165, 1.54) is 11.1 Å². The lowest BCUT2D eigenvalue weighted by molar-refractivity contribution is 0.789. The summed E-state index contributed by atoms with van der Waals surface area (Å²) in [5, 5.41) is 7.69. The molecule has 1 aliphatic heterocycles. The van der Waals surface area contributed by atoms with Crippen molar-refractivity contribution in [2.75, 3.05) is 18.0 Å². The van der Waals surface area contributed by atoms with Crippen molar-refractivity contribution in [3.63, 3.8) is 0 Å². The SMILES string of the molecule is N=C(N)c1cccnc1N1CCc2ccccc2CC1. The van der Waals surface area contributed by atoms with Crippen molar-refractivity contribution in [2.24, 2.45) is 5.73 Å². The van der Waals surface area contributed by atoms with Gasteiger partial charge in [-0.15, -0.1) is 0 Å². The predicted molar refractivity (Wildman–Crippen MR) is 81.3 cm³/mol. The summed E-state index contributed by atoms with van der Waals surface area (Å²) in [4.78, 5) is 6.67. The van der Waals surface area contributed by atoms with Crippen LogP contribution in [0.3, 0.4) is 0 Å². The fourth-order valence-corrected chi connectivity index (χ4v) is 2.74. The Morgan fingerprint density at radius 1 is 1.05 bits per heavy atom. The number of nitrogens with two attached hydrogens (primary N) is 1. The predicted octanol–water partition coefficient (Wildman–Crippen LogP) is 1.97. The van der Waals surface area contributed by atoms with Gasteiger partial charge in [0.1, 0.15) is 11.7 Å². The van der Waals surface area contributed by atoms with E-state index in [1.807, 2.05) is 12.1 Å². The quantitative estimate of drug-likeness (QED) is 0.645. The number of hydrogen-bond donors (Lipinski definition) is 2. The van der Waals surface area contributed by atoms with Crippen molar-refractivity contribution >= 4 is 11.7 Å². The fraction of sp³-hybridized carbons (Fsp3) is 0.250. The number of amidine groups is 1. The number of nitrogens with one attached hydrogen (secondary N) is 1. The highest BCUT2D eigenvalue weighted by Crippen LogP contribution is 2.22. The molecular weight excluding hydrogens is 248 g/mol. The Morgan fingerprint density at radius 3 is 2.30 bits per heavy atom. The molecule has 0 fully saturated rings. The minimum atomic E-state index is 0.0786. The van der Waals surface area contributed by atoms with E-state index in [9.17, 15) is 0 Å². The number of fused-ring (bicyclic) bond motifs is 1. The van der Waals surface area contributed by atoms with Gasteiger partial charge in [-0.2, -0.15) is 0 Å². The maximum Gasteiger partial charge on any atom is 0.139 e. The highest BCUT2D eigenvalue weighted by Gasteiger charge is 2.18. The van der Waals surface area contributed by atoms with Crippen molar-refractivity contribution in [1.82, 2.24) is 4.98 Å². The lowest BCUT2D eigenvalue weighted by Gasteiger charge is -2.23. The van der Waals surface area contributed by atoms with E-state index in [-0.39, 0.29) is 5.84 Å². The number of anilines is 1. The maximum atomic E-state index is 7.69. The Kier molecular flexibility index (Phi) is 3.37. The molecule has 0 atom stereocenters. The number of nitrogen functional groups attached to an aromatic ring is 1. The molecule has 4 nitrogen and oxygen atoms in total. The summed E-state index contributed by atoms with van der Waals surface area (Å²) in [7, 11) is 0. The normalized spacial score (nSPS) is 14.5. The summed E-state index contributed by atoms with van der Waals surface area (Å²) < 4.78 is 0. The molecule has 0 aliphatic carbocycles. The highest BCUT2D eigenvalue weighted by atomic mass is 15.2. The van der Waals surface area contributed by atoms with Gasteiger partial charge in [-0.1, -0.05) is 24.3 Å². The molecule has 2 aromatic rings. The van der Waals surface area contributed by atoms with Gasteiger partial charge in [0, 0.05) is 19.3 Å². The van der Waals surface area contributed by atoms with Crippen LogP contribution in [0.1, 0.15) is 16.7 Å². The van der Waals surface area contributed by atoms with E-state index in [0.29, 0.717) is 0 Å². The van der Waals surface area contributed by atoms with Crippen molar-refractivity contribution in [1.29, 1.82) is 5.41 Å². The first-order valence-corrected chi connectivity index (χ1v) is 6.87. The van der Waals surface area contributed by atoms with Crippen LogP contribution >= 0.6 is 0 Å². The first-order chi connectivity index (χ1) is 9.75. The van der Waals surface area contributed by atoms with E-state index in [0.717, 1.165) is 37.3 Å². The van der Waals surface area contributed by atoms with Gasteiger partial charge in [0.25, 0.3) is 0 Å². The third kappa shape index (κ3) is 2.37. The van der Waals surface area contributed by atoms with Crippen LogP contribution in [-0.4, -0.2) is 23.9 Å². The third-order valence-electron chi connectivity index (χ3n) is 3.80. The smallest absolute Gasteiger partial charge is 0.139 e. The van der Waals surface area contributed by atoms with Crippen molar-refractivity contribution < 1.29 is 0 Å². The van der Waals surface area contributed by atoms with Gasteiger partial charge in [0.2, 0.25) is 0 Å². The van der Waals surface area contributed by atoms with Gasteiger partial charge in [-0.05, 0) is 36.1 Å². The molecule has 0 radical (unpaired) electrons. The lowest BCUT2D eigenvalue weighted by Crippen LogP contribution is -2.29. The van der Waals surface area contributed by atoms with E-state index >= 15 is 0 Å². The summed E-state index contributed by atoms with van der Waals surface area (Å²) in [5.41, 5.74) is 9.21. The number of pyridine rings is 1.